The summed E-state index contributed by atoms with van der Waals surface area (Å²) in [7, 11) is 1.30. The molecule has 1 saturated heterocycles. The number of carbonyl (C=O) groups excluding carboxylic acids is 2. The summed E-state index contributed by atoms with van der Waals surface area (Å²) >= 11 is 1.13. The largest absolute Gasteiger partial charge is 0.469 e. The second-order valence-corrected chi connectivity index (χ2v) is 5.10. The van der Waals surface area contributed by atoms with Gasteiger partial charge in [-0.15, -0.1) is 0 Å². The third kappa shape index (κ3) is 3.42. The highest BCUT2D eigenvalue weighted by Crippen LogP contribution is 2.26. The van der Waals surface area contributed by atoms with Crippen molar-refractivity contribution in [2.24, 2.45) is 0 Å². The van der Waals surface area contributed by atoms with Crippen LogP contribution in [0.1, 0.15) is 18.5 Å². The molecule has 104 valence electrons. The van der Waals surface area contributed by atoms with Crippen LogP contribution in [0.3, 0.4) is 0 Å². The first-order chi connectivity index (χ1) is 9.10. The molecule has 2 rings (SSSR count). The molecule has 1 aliphatic rings. The van der Waals surface area contributed by atoms with Gasteiger partial charge in [0.25, 0.3) is 5.91 Å². The maximum atomic E-state index is 11.8. The highest BCUT2D eigenvalue weighted by atomic mass is 32.1. The number of hydrogen-bond donors (Lipinski definition) is 2. The average Bonchev–Trinajstić information content (AvgIpc) is 3.00. The molecule has 1 atom stereocenters. The molecular formula is C11H15N3O4S. The average molecular weight is 285 g/mol. The van der Waals surface area contributed by atoms with Crippen LogP contribution >= 0.6 is 11.3 Å². The van der Waals surface area contributed by atoms with E-state index in [2.05, 4.69) is 15.0 Å². The Morgan fingerprint density at radius 1 is 1.63 bits per heavy atom. The SMILES string of the molecule is COC(=O)Cc1nc(NC(=O)C2CCCO2)sc1N. The van der Waals surface area contributed by atoms with Crippen molar-refractivity contribution in [2.45, 2.75) is 25.4 Å². The van der Waals surface area contributed by atoms with Gasteiger partial charge < -0.3 is 15.2 Å². The van der Waals surface area contributed by atoms with E-state index in [4.69, 9.17) is 10.5 Å². The summed E-state index contributed by atoms with van der Waals surface area (Å²) in [6, 6.07) is 0. The normalized spacial score (nSPS) is 18.3. The van der Waals surface area contributed by atoms with E-state index in [1.165, 1.54) is 7.11 Å². The van der Waals surface area contributed by atoms with Gasteiger partial charge in [0.1, 0.15) is 11.1 Å². The van der Waals surface area contributed by atoms with Crippen LogP contribution in [0.2, 0.25) is 0 Å². The van der Waals surface area contributed by atoms with Crippen LogP contribution in [0, 0.1) is 0 Å². The van der Waals surface area contributed by atoms with Crippen LogP contribution in [-0.4, -0.2) is 36.7 Å². The number of aromatic nitrogens is 1. The summed E-state index contributed by atoms with van der Waals surface area (Å²) in [5.41, 5.74) is 6.16. The molecule has 3 N–H and O–H groups in total. The van der Waals surface area contributed by atoms with E-state index < -0.39 is 12.1 Å². The summed E-state index contributed by atoms with van der Waals surface area (Å²) in [6.07, 6.45) is 1.16. The van der Waals surface area contributed by atoms with E-state index in [1.54, 1.807) is 0 Å². The van der Waals surface area contributed by atoms with E-state index in [0.29, 0.717) is 28.9 Å². The van der Waals surface area contributed by atoms with Gasteiger partial charge in [0, 0.05) is 6.61 Å². The van der Waals surface area contributed by atoms with Gasteiger partial charge >= 0.3 is 5.97 Å². The molecule has 0 bridgehead atoms. The lowest BCUT2D eigenvalue weighted by Crippen LogP contribution is -2.26. The zero-order chi connectivity index (χ0) is 13.8. The van der Waals surface area contributed by atoms with Gasteiger partial charge in [0.2, 0.25) is 0 Å². The molecule has 1 aliphatic heterocycles. The van der Waals surface area contributed by atoms with Crippen molar-refractivity contribution >= 4 is 33.3 Å². The van der Waals surface area contributed by atoms with Gasteiger partial charge in [-0.2, -0.15) is 0 Å². The number of thiazole rings is 1. The number of ether oxygens (including phenoxy) is 2. The Morgan fingerprint density at radius 3 is 3.05 bits per heavy atom. The quantitative estimate of drug-likeness (QED) is 0.783. The zero-order valence-electron chi connectivity index (χ0n) is 10.5. The van der Waals surface area contributed by atoms with Gasteiger partial charge in [-0.1, -0.05) is 11.3 Å². The van der Waals surface area contributed by atoms with Gasteiger partial charge in [0.05, 0.1) is 19.2 Å². The van der Waals surface area contributed by atoms with Gasteiger partial charge in [-0.3, -0.25) is 14.9 Å². The van der Waals surface area contributed by atoms with Crippen LogP contribution in [0.25, 0.3) is 0 Å². The highest BCUT2D eigenvalue weighted by molar-refractivity contribution is 7.19. The summed E-state index contributed by atoms with van der Waals surface area (Å²) in [4.78, 5) is 27.1. The topological polar surface area (TPSA) is 104 Å². The summed E-state index contributed by atoms with van der Waals surface area (Å²) in [5.74, 6) is -0.648. The molecule has 1 fully saturated rings. The number of amides is 1. The first-order valence-corrected chi connectivity index (χ1v) is 6.66. The number of anilines is 2. The van der Waals surface area contributed by atoms with E-state index >= 15 is 0 Å². The Bertz CT molecular complexity index is 482. The smallest absolute Gasteiger partial charge is 0.311 e. The molecule has 19 heavy (non-hydrogen) atoms. The molecule has 1 amide bonds. The highest BCUT2D eigenvalue weighted by Gasteiger charge is 2.24. The molecule has 7 nitrogen and oxygen atoms in total. The number of nitrogen functional groups attached to an aromatic ring is 1. The Balaban J connectivity index is 1.99. The second kappa shape index (κ2) is 5.98. The maximum Gasteiger partial charge on any atom is 0.311 e. The lowest BCUT2D eigenvalue weighted by Gasteiger charge is -2.07. The molecule has 1 aromatic heterocycles. The fourth-order valence-corrected chi connectivity index (χ4v) is 2.47. The predicted molar refractivity (Wildman–Crippen MR) is 69.9 cm³/mol. The van der Waals surface area contributed by atoms with Crippen molar-refractivity contribution in [3.05, 3.63) is 5.69 Å². The Morgan fingerprint density at radius 2 is 2.42 bits per heavy atom. The van der Waals surface area contributed by atoms with Crippen molar-refractivity contribution in [3.8, 4) is 0 Å². The minimum absolute atomic E-state index is 0.00533. The molecule has 1 aromatic rings. The number of rotatable bonds is 4. The number of nitrogens with two attached hydrogens (primary N) is 1. The minimum atomic E-state index is -0.422. The van der Waals surface area contributed by atoms with Crippen LogP contribution in [-0.2, 0) is 25.5 Å². The van der Waals surface area contributed by atoms with Crippen LogP contribution in [0.4, 0.5) is 10.1 Å². The molecule has 0 radical (unpaired) electrons. The molecular weight excluding hydrogens is 270 g/mol. The monoisotopic (exact) mass is 285 g/mol. The first kappa shape index (κ1) is 13.8. The van der Waals surface area contributed by atoms with Crippen LogP contribution < -0.4 is 11.1 Å². The second-order valence-electron chi connectivity index (χ2n) is 4.07. The van der Waals surface area contributed by atoms with E-state index in [0.717, 1.165) is 17.8 Å². The summed E-state index contributed by atoms with van der Waals surface area (Å²) < 4.78 is 9.81. The number of carbonyl (C=O) groups is 2. The standard InChI is InChI=1S/C11H15N3O4S/c1-17-8(15)5-6-9(12)19-11(13-6)14-10(16)7-3-2-4-18-7/h7H,2-5,12H2,1H3,(H,13,14,16). The molecule has 0 aromatic carbocycles. The van der Waals surface area contributed by atoms with Crippen molar-refractivity contribution in [1.82, 2.24) is 4.98 Å². The van der Waals surface area contributed by atoms with E-state index in [-0.39, 0.29) is 12.3 Å². The number of methoxy groups -OCH3 is 1. The summed E-state index contributed by atoms with van der Waals surface area (Å²) in [6.45, 7) is 0.603. The van der Waals surface area contributed by atoms with Gasteiger partial charge in [0.15, 0.2) is 5.13 Å². The Hall–Kier alpha value is -1.67. The third-order valence-electron chi connectivity index (χ3n) is 2.72. The van der Waals surface area contributed by atoms with Gasteiger partial charge in [-0.25, -0.2) is 4.98 Å². The third-order valence-corrected chi connectivity index (χ3v) is 3.56. The summed E-state index contributed by atoms with van der Waals surface area (Å²) in [5, 5.41) is 3.42. The first-order valence-electron chi connectivity index (χ1n) is 5.84. The Kier molecular flexibility index (Phi) is 4.33. The molecule has 8 heteroatoms. The van der Waals surface area contributed by atoms with Crippen LogP contribution in [0.5, 0.6) is 0 Å². The number of nitrogens with one attached hydrogen (secondary N) is 1. The van der Waals surface area contributed by atoms with Gasteiger partial charge in [-0.05, 0) is 12.8 Å². The minimum Gasteiger partial charge on any atom is -0.469 e. The molecule has 2 heterocycles. The zero-order valence-corrected chi connectivity index (χ0v) is 11.3. The molecule has 1 unspecified atom stereocenters. The number of nitrogens with zero attached hydrogens (tertiary/aromatic N) is 1. The molecule has 0 spiro atoms. The van der Waals surface area contributed by atoms with Crippen molar-refractivity contribution in [1.29, 1.82) is 0 Å². The fraction of sp³-hybridized carbons (Fsp3) is 0.545. The van der Waals surface area contributed by atoms with E-state index in [9.17, 15) is 9.59 Å². The van der Waals surface area contributed by atoms with Crippen molar-refractivity contribution in [2.75, 3.05) is 24.8 Å². The Labute approximate surface area is 114 Å². The van der Waals surface area contributed by atoms with Crippen molar-refractivity contribution < 1.29 is 19.1 Å². The number of hydrogen-bond acceptors (Lipinski definition) is 7. The molecule has 0 aliphatic carbocycles. The van der Waals surface area contributed by atoms with Crippen molar-refractivity contribution in [3.63, 3.8) is 0 Å². The lowest BCUT2D eigenvalue weighted by atomic mass is 10.2. The maximum absolute atomic E-state index is 11.8. The fourth-order valence-electron chi connectivity index (χ4n) is 1.72. The predicted octanol–water partition coefficient (Wildman–Crippen LogP) is 0.558. The lowest BCUT2D eigenvalue weighted by molar-refractivity contribution is -0.139. The number of esters is 1. The van der Waals surface area contributed by atoms with Crippen LogP contribution in [0.15, 0.2) is 0 Å². The van der Waals surface area contributed by atoms with E-state index in [1.807, 2.05) is 0 Å². The molecule has 0 saturated carbocycles.